The van der Waals surface area contributed by atoms with Gasteiger partial charge in [-0.3, -0.25) is 14.4 Å². The smallest absolute Gasteiger partial charge is 0.269 e. The summed E-state index contributed by atoms with van der Waals surface area (Å²) in [6, 6.07) is 9.58. The summed E-state index contributed by atoms with van der Waals surface area (Å²) in [6.45, 7) is 0. The molecule has 0 unspecified atom stereocenters. The molecule has 1 atom stereocenters. The lowest BCUT2D eigenvalue weighted by molar-refractivity contribution is -0.384. The molecule has 9 nitrogen and oxygen atoms in total. The average Bonchev–Trinajstić information content (AvgIpc) is 3.01. The fourth-order valence-corrected chi connectivity index (χ4v) is 5.77. The summed E-state index contributed by atoms with van der Waals surface area (Å²) >= 11 is 0. The Hall–Kier alpha value is -2.92. The second kappa shape index (κ2) is 7.24. The summed E-state index contributed by atoms with van der Waals surface area (Å²) < 4.78 is 56.3. The third-order valence-electron chi connectivity index (χ3n) is 4.14. The first-order chi connectivity index (χ1) is 13.1. The number of nitro benzene ring substituents is 1. The topological polar surface area (TPSA) is 124 Å². The highest BCUT2D eigenvalue weighted by atomic mass is 32.2. The molecule has 0 N–H and O–H groups in total. The Bertz CT molecular complexity index is 1120. The van der Waals surface area contributed by atoms with Gasteiger partial charge >= 0.3 is 0 Å². The molecule has 0 bridgehead atoms. The van der Waals surface area contributed by atoms with Gasteiger partial charge in [0.05, 0.1) is 34.4 Å². The van der Waals surface area contributed by atoms with Crippen molar-refractivity contribution in [2.24, 2.45) is 0 Å². The van der Waals surface area contributed by atoms with Crippen LogP contribution in [0.3, 0.4) is 0 Å². The van der Waals surface area contributed by atoms with E-state index in [2.05, 4.69) is 0 Å². The highest BCUT2D eigenvalue weighted by Crippen LogP contribution is 2.31. The maximum Gasteiger partial charge on any atom is 0.269 e. The number of hydrogen-bond acceptors (Lipinski definition) is 7. The molecule has 1 aliphatic rings. The van der Waals surface area contributed by atoms with E-state index in [9.17, 15) is 26.9 Å². The van der Waals surface area contributed by atoms with Crippen LogP contribution in [0.5, 0.6) is 5.75 Å². The predicted molar refractivity (Wildman–Crippen MR) is 102 cm³/mol. The molecule has 0 saturated carbocycles. The number of sulfone groups is 1. The molecular weight excluding hydrogens is 408 g/mol. The summed E-state index contributed by atoms with van der Waals surface area (Å²) in [6.07, 6.45) is 1.31. The summed E-state index contributed by atoms with van der Waals surface area (Å²) in [5.74, 6) is 0.108. The van der Waals surface area contributed by atoms with Crippen molar-refractivity contribution < 1.29 is 26.5 Å². The zero-order valence-corrected chi connectivity index (χ0v) is 16.3. The van der Waals surface area contributed by atoms with E-state index in [0.717, 1.165) is 34.0 Å². The molecule has 0 radical (unpaired) electrons. The molecule has 11 heteroatoms. The number of nitro groups is 1. The molecular formula is C17H16N2O7S2. The van der Waals surface area contributed by atoms with Crippen LogP contribution >= 0.6 is 0 Å². The van der Waals surface area contributed by atoms with Crippen LogP contribution < -0.4 is 9.04 Å². The standard InChI is InChI=1S/C17H16N2O7S2/c1-26-16-6-2-13(3-7-16)18(15-10-11-27(22,23)12-15)28(24,25)17-8-4-14(5-9-17)19(20)21/h2-11,15H,12H2,1H3/t15-/m0/s1. The van der Waals surface area contributed by atoms with Crippen molar-refractivity contribution in [3.63, 3.8) is 0 Å². The van der Waals surface area contributed by atoms with Crippen LogP contribution in [-0.2, 0) is 19.9 Å². The maximum absolute atomic E-state index is 13.3. The molecule has 1 aliphatic heterocycles. The van der Waals surface area contributed by atoms with E-state index in [4.69, 9.17) is 4.74 Å². The quantitative estimate of drug-likeness (QED) is 0.514. The number of benzene rings is 2. The zero-order chi connectivity index (χ0) is 20.5. The molecule has 3 rings (SSSR count). The van der Waals surface area contributed by atoms with Gasteiger partial charge in [0.1, 0.15) is 5.75 Å². The number of non-ortho nitro benzene ring substituents is 1. The second-order valence-electron chi connectivity index (χ2n) is 5.98. The van der Waals surface area contributed by atoms with Gasteiger partial charge in [-0.2, -0.15) is 0 Å². The third kappa shape index (κ3) is 3.85. The molecule has 148 valence electrons. The van der Waals surface area contributed by atoms with E-state index in [1.165, 1.54) is 25.3 Å². The van der Waals surface area contributed by atoms with Crippen molar-refractivity contribution >= 4 is 31.2 Å². The van der Waals surface area contributed by atoms with E-state index in [1.54, 1.807) is 12.1 Å². The third-order valence-corrected chi connectivity index (χ3v) is 7.39. The fourth-order valence-electron chi connectivity index (χ4n) is 2.80. The zero-order valence-electron chi connectivity index (χ0n) is 14.6. The Kier molecular flexibility index (Phi) is 5.13. The minimum Gasteiger partial charge on any atom is -0.497 e. The van der Waals surface area contributed by atoms with Gasteiger partial charge in [0.2, 0.25) is 0 Å². The largest absolute Gasteiger partial charge is 0.497 e. The van der Waals surface area contributed by atoms with Crippen molar-refractivity contribution in [1.82, 2.24) is 0 Å². The second-order valence-corrected chi connectivity index (χ2v) is 9.72. The summed E-state index contributed by atoms with van der Waals surface area (Å²) in [5, 5.41) is 11.8. The summed E-state index contributed by atoms with van der Waals surface area (Å²) in [7, 11) is -6.25. The van der Waals surface area contributed by atoms with Gasteiger partial charge in [0.15, 0.2) is 9.84 Å². The van der Waals surface area contributed by atoms with Crippen molar-refractivity contribution in [3.8, 4) is 5.75 Å². The SMILES string of the molecule is COc1ccc(N([C@H]2C=CS(=O)(=O)C2)S(=O)(=O)c2ccc([N+](=O)[O-])cc2)cc1. The van der Waals surface area contributed by atoms with Gasteiger partial charge in [-0.25, -0.2) is 16.8 Å². The lowest BCUT2D eigenvalue weighted by Crippen LogP contribution is -2.41. The van der Waals surface area contributed by atoms with Crippen LogP contribution in [0.1, 0.15) is 0 Å². The van der Waals surface area contributed by atoms with E-state index in [1.807, 2.05) is 0 Å². The monoisotopic (exact) mass is 424 g/mol. The summed E-state index contributed by atoms with van der Waals surface area (Å²) in [4.78, 5) is 9.99. The number of sulfonamides is 1. The molecule has 0 amide bonds. The molecule has 0 spiro atoms. The maximum atomic E-state index is 13.3. The molecule has 0 aliphatic carbocycles. The van der Waals surface area contributed by atoms with Crippen LogP contribution in [0.2, 0.25) is 0 Å². The molecule has 0 fully saturated rings. The van der Waals surface area contributed by atoms with E-state index in [-0.39, 0.29) is 16.3 Å². The first-order valence-electron chi connectivity index (χ1n) is 7.98. The predicted octanol–water partition coefficient (Wildman–Crippen LogP) is 2.11. The van der Waals surface area contributed by atoms with Crippen LogP contribution in [0.15, 0.2) is 64.9 Å². The number of nitrogens with zero attached hydrogens (tertiary/aromatic N) is 2. The Labute approximate surface area is 162 Å². The van der Waals surface area contributed by atoms with E-state index in [0.29, 0.717) is 5.75 Å². The van der Waals surface area contributed by atoms with Crippen LogP contribution in [0, 0.1) is 10.1 Å². The van der Waals surface area contributed by atoms with Gasteiger partial charge < -0.3 is 4.74 Å². The molecule has 28 heavy (non-hydrogen) atoms. The Balaban J connectivity index is 2.09. The van der Waals surface area contributed by atoms with Crippen LogP contribution in [-0.4, -0.2) is 40.7 Å². The molecule has 1 heterocycles. The minimum absolute atomic E-state index is 0.188. The van der Waals surface area contributed by atoms with Gasteiger partial charge in [-0.05, 0) is 42.5 Å². The lowest BCUT2D eigenvalue weighted by atomic mass is 10.2. The van der Waals surface area contributed by atoms with Crippen molar-refractivity contribution in [2.75, 3.05) is 17.2 Å². The highest BCUT2D eigenvalue weighted by molar-refractivity contribution is 7.95. The lowest BCUT2D eigenvalue weighted by Gasteiger charge is -2.29. The van der Waals surface area contributed by atoms with Gasteiger partial charge in [0, 0.05) is 17.5 Å². The number of ether oxygens (including phenoxy) is 1. The van der Waals surface area contributed by atoms with Crippen LogP contribution in [0.25, 0.3) is 0 Å². The number of hydrogen-bond donors (Lipinski definition) is 0. The number of methoxy groups -OCH3 is 1. The highest BCUT2D eigenvalue weighted by Gasteiger charge is 2.36. The normalized spacial score (nSPS) is 18.0. The Morgan fingerprint density at radius 2 is 1.71 bits per heavy atom. The fraction of sp³-hybridized carbons (Fsp3) is 0.176. The minimum atomic E-state index is -4.20. The van der Waals surface area contributed by atoms with Crippen molar-refractivity contribution in [2.45, 2.75) is 10.9 Å². The number of rotatable bonds is 6. The molecule has 2 aromatic carbocycles. The first-order valence-corrected chi connectivity index (χ1v) is 11.1. The number of anilines is 1. The molecule has 2 aromatic rings. The van der Waals surface area contributed by atoms with Crippen molar-refractivity contribution in [1.29, 1.82) is 0 Å². The van der Waals surface area contributed by atoms with Gasteiger partial charge in [0.25, 0.3) is 15.7 Å². The Morgan fingerprint density at radius 1 is 1.11 bits per heavy atom. The van der Waals surface area contributed by atoms with E-state index >= 15 is 0 Å². The van der Waals surface area contributed by atoms with Crippen LogP contribution in [0.4, 0.5) is 11.4 Å². The van der Waals surface area contributed by atoms with Gasteiger partial charge in [-0.15, -0.1) is 0 Å². The van der Waals surface area contributed by atoms with E-state index < -0.39 is 36.6 Å². The Morgan fingerprint density at radius 3 is 2.18 bits per heavy atom. The molecule has 0 saturated heterocycles. The summed E-state index contributed by atoms with van der Waals surface area (Å²) in [5.41, 5.74) is -0.0100. The van der Waals surface area contributed by atoms with Gasteiger partial charge in [-0.1, -0.05) is 0 Å². The molecule has 0 aromatic heterocycles. The first kappa shape index (κ1) is 19.8. The van der Waals surface area contributed by atoms with Crippen molar-refractivity contribution in [3.05, 3.63) is 70.1 Å². The average molecular weight is 424 g/mol.